The van der Waals surface area contributed by atoms with Crippen molar-refractivity contribution in [1.82, 2.24) is 0 Å². The minimum absolute atomic E-state index is 0. The van der Waals surface area contributed by atoms with E-state index in [1.807, 2.05) is 0 Å². The summed E-state index contributed by atoms with van der Waals surface area (Å²) in [6.07, 6.45) is -0.150. The molecule has 103 valence electrons. The number of hydrogen-bond donors (Lipinski definition) is 4. The summed E-state index contributed by atoms with van der Waals surface area (Å²) < 4.78 is 10.9. The van der Waals surface area contributed by atoms with Crippen molar-refractivity contribution >= 4 is 19.2 Å². The zero-order valence-electron chi connectivity index (χ0n) is 10.5. The molecule has 0 aliphatic rings. The Balaban J connectivity index is 0.00000324. The van der Waals surface area contributed by atoms with Gasteiger partial charge in [0.1, 0.15) is 0 Å². The summed E-state index contributed by atoms with van der Waals surface area (Å²) in [7, 11) is -4.28. The first-order valence-electron chi connectivity index (χ1n) is 5.30. The molecule has 0 aromatic heterocycles. The second kappa shape index (κ2) is 8.25. The summed E-state index contributed by atoms with van der Waals surface area (Å²) in [5.41, 5.74) is 6.08. The van der Waals surface area contributed by atoms with Gasteiger partial charge < -0.3 is 20.8 Å². The molecule has 0 bridgehead atoms. The molecule has 0 aliphatic heterocycles. The van der Waals surface area contributed by atoms with Gasteiger partial charge in [-0.05, 0) is 12.1 Å². The number of carbonyl (C=O) groups excluding carboxylic acids is 1. The van der Waals surface area contributed by atoms with Crippen LogP contribution in [0.15, 0.2) is 30.3 Å². The molecule has 1 aromatic carbocycles. The molecule has 1 rings (SSSR count). The van der Waals surface area contributed by atoms with Crippen molar-refractivity contribution in [3.8, 4) is 0 Å². The predicted octanol–water partition coefficient (Wildman–Crippen LogP) is 1.07. The molecule has 0 aliphatic carbocycles. The maximum atomic E-state index is 11.7. The Morgan fingerprint density at radius 1 is 1.42 bits per heavy atom. The molecule has 1 atom stereocenters. The first-order chi connectivity index (χ1) is 8.30. The summed E-state index contributed by atoms with van der Waals surface area (Å²) in [4.78, 5) is 29.5. The molecular formula is C11H16N2O4PY-. The maximum absolute atomic E-state index is 11.7. The Bertz CT molecular complexity index is 451. The molecule has 5 N–H and O–H groups in total. The average Bonchev–Trinajstić information content (AvgIpc) is 2.28. The Labute approximate surface area is 137 Å². The molecule has 0 saturated heterocycles. The molecule has 0 fully saturated rings. The minimum Gasteiger partial charge on any atom is -0.347 e. The van der Waals surface area contributed by atoms with E-state index in [4.69, 9.17) is 15.5 Å². The van der Waals surface area contributed by atoms with Gasteiger partial charge in [-0.3, -0.25) is 9.36 Å². The van der Waals surface area contributed by atoms with Gasteiger partial charge in [0, 0.05) is 38.4 Å². The quantitative estimate of drug-likeness (QED) is 0.464. The van der Waals surface area contributed by atoms with Crippen LogP contribution in [0.4, 0.5) is 5.69 Å². The van der Waals surface area contributed by atoms with E-state index in [0.29, 0.717) is 5.69 Å². The standard InChI is InChI=1S/C11H16N2O4P.Y/c1-8(18(15,16)17)7-10(12)11(14)13-9-5-3-2-4-6-9;/h2-6,10H,7,12H2,1H3,(H,13,14)(H2,15,16,17);/q-1;/t10-;/m1./s1. The van der Waals surface area contributed by atoms with Crippen LogP contribution >= 0.6 is 7.60 Å². The van der Waals surface area contributed by atoms with Crippen molar-refractivity contribution in [2.75, 3.05) is 5.32 Å². The first-order valence-corrected chi connectivity index (χ1v) is 6.92. The Kier molecular flexibility index (Phi) is 8.21. The van der Waals surface area contributed by atoms with Crippen LogP contribution in [-0.2, 0) is 42.1 Å². The van der Waals surface area contributed by atoms with Gasteiger partial charge >= 0.3 is 0 Å². The van der Waals surface area contributed by atoms with Gasteiger partial charge in [-0.15, -0.1) is 6.42 Å². The van der Waals surface area contributed by atoms with Crippen LogP contribution < -0.4 is 11.1 Å². The molecule has 6 nitrogen and oxygen atoms in total. The molecule has 19 heavy (non-hydrogen) atoms. The molecule has 0 heterocycles. The summed E-state index contributed by atoms with van der Waals surface area (Å²) in [6, 6.07) is 7.73. The summed E-state index contributed by atoms with van der Waals surface area (Å²) >= 11 is 0. The third kappa shape index (κ3) is 6.75. The number of rotatable bonds is 5. The van der Waals surface area contributed by atoms with E-state index >= 15 is 0 Å². The number of para-hydroxylation sites is 1. The second-order valence-electron chi connectivity index (χ2n) is 3.95. The van der Waals surface area contributed by atoms with Crippen LogP contribution in [0.2, 0.25) is 0 Å². The second-order valence-corrected chi connectivity index (χ2v) is 5.80. The SMILES string of the molecule is C[C-](C[C@@H](N)C(=O)Nc1ccccc1)P(=O)(O)O.[Y]. The van der Waals surface area contributed by atoms with Crippen LogP contribution in [0.25, 0.3) is 0 Å². The summed E-state index contributed by atoms with van der Waals surface area (Å²) in [5.74, 6) is -0.478. The average molecular weight is 360 g/mol. The van der Waals surface area contributed by atoms with Crippen molar-refractivity contribution in [3.05, 3.63) is 36.0 Å². The molecule has 0 spiro atoms. The van der Waals surface area contributed by atoms with E-state index in [9.17, 15) is 9.36 Å². The molecule has 1 aromatic rings. The van der Waals surface area contributed by atoms with E-state index in [-0.39, 0.29) is 44.8 Å². The van der Waals surface area contributed by atoms with Crippen LogP contribution in [0.5, 0.6) is 0 Å². The molecule has 0 saturated carbocycles. The van der Waals surface area contributed by atoms with Gasteiger partial charge in [0.05, 0.1) is 6.04 Å². The number of carbonyl (C=O) groups is 1. The number of nitrogens with one attached hydrogen (secondary N) is 1. The van der Waals surface area contributed by atoms with Crippen LogP contribution in [0.1, 0.15) is 13.3 Å². The number of anilines is 1. The van der Waals surface area contributed by atoms with E-state index in [1.54, 1.807) is 30.3 Å². The maximum Gasteiger partial charge on any atom is 0.238 e. The van der Waals surface area contributed by atoms with Crippen LogP contribution in [0, 0.1) is 5.66 Å². The van der Waals surface area contributed by atoms with Gasteiger partial charge in [0.2, 0.25) is 5.91 Å². The van der Waals surface area contributed by atoms with Gasteiger partial charge in [-0.2, -0.15) is 12.6 Å². The Morgan fingerprint density at radius 2 is 1.95 bits per heavy atom. The van der Waals surface area contributed by atoms with Crippen molar-refractivity contribution in [1.29, 1.82) is 0 Å². The van der Waals surface area contributed by atoms with E-state index < -0.39 is 19.5 Å². The largest absolute Gasteiger partial charge is 0.347 e. The molecule has 0 unspecified atom stereocenters. The van der Waals surface area contributed by atoms with Crippen molar-refractivity contribution in [2.45, 2.75) is 19.4 Å². The van der Waals surface area contributed by atoms with Crippen molar-refractivity contribution < 1.29 is 51.9 Å². The number of nitrogens with two attached hydrogens (primary N) is 1. The zero-order chi connectivity index (χ0) is 13.8. The Morgan fingerprint density at radius 3 is 2.42 bits per heavy atom. The van der Waals surface area contributed by atoms with Crippen molar-refractivity contribution in [2.24, 2.45) is 5.73 Å². The third-order valence-electron chi connectivity index (χ3n) is 2.39. The fourth-order valence-corrected chi connectivity index (χ4v) is 1.72. The molecule has 8 heteroatoms. The van der Waals surface area contributed by atoms with E-state index in [0.717, 1.165) is 0 Å². The molecule has 1 radical (unpaired) electrons. The fraction of sp³-hybridized carbons (Fsp3) is 0.273. The third-order valence-corrected chi connectivity index (χ3v) is 3.57. The Hall–Kier alpha value is -0.0961. The van der Waals surface area contributed by atoms with Crippen LogP contribution in [0.3, 0.4) is 0 Å². The van der Waals surface area contributed by atoms with Crippen molar-refractivity contribution in [3.63, 3.8) is 0 Å². The normalized spacial score (nSPS) is 12.7. The molecular weight excluding hydrogens is 344 g/mol. The minimum atomic E-state index is -4.28. The van der Waals surface area contributed by atoms with Gasteiger partial charge in [0.25, 0.3) is 0 Å². The number of benzene rings is 1. The van der Waals surface area contributed by atoms with Gasteiger partial charge in [-0.25, -0.2) is 0 Å². The predicted molar refractivity (Wildman–Crippen MR) is 68.6 cm³/mol. The first kappa shape index (κ1) is 18.9. The summed E-state index contributed by atoms with van der Waals surface area (Å²) in [5, 5.41) is 2.57. The van der Waals surface area contributed by atoms with E-state index in [2.05, 4.69) is 5.32 Å². The van der Waals surface area contributed by atoms with Gasteiger partial charge in [-0.1, -0.05) is 18.2 Å². The smallest absolute Gasteiger partial charge is 0.238 e. The number of amides is 1. The zero-order valence-corrected chi connectivity index (χ0v) is 14.2. The van der Waals surface area contributed by atoms with Crippen LogP contribution in [-0.4, -0.2) is 21.7 Å². The topological polar surface area (TPSA) is 113 Å². The monoisotopic (exact) mass is 360 g/mol. The van der Waals surface area contributed by atoms with E-state index in [1.165, 1.54) is 6.92 Å². The van der Waals surface area contributed by atoms with Gasteiger partial charge in [0.15, 0.2) is 7.60 Å². The molecule has 1 amide bonds. The fourth-order valence-electron chi connectivity index (χ4n) is 1.29. The summed E-state index contributed by atoms with van der Waals surface area (Å²) in [6.45, 7) is 1.29. The number of hydrogen-bond acceptors (Lipinski definition) is 3.